The molecule has 0 saturated carbocycles. The number of para-hydroxylation sites is 1. The lowest BCUT2D eigenvalue weighted by Gasteiger charge is -2.24. The van der Waals surface area contributed by atoms with Gasteiger partial charge in [-0.3, -0.25) is 14.5 Å². The van der Waals surface area contributed by atoms with Gasteiger partial charge in [0.1, 0.15) is 17.9 Å². The van der Waals surface area contributed by atoms with Gasteiger partial charge in [0.2, 0.25) is 0 Å². The van der Waals surface area contributed by atoms with E-state index in [-0.39, 0.29) is 18.5 Å². The average Bonchev–Trinajstić information content (AvgIpc) is 3.23. The molecule has 0 amide bonds. The Hall–Kier alpha value is -3.45. The van der Waals surface area contributed by atoms with Gasteiger partial charge in [0.05, 0.1) is 23.7 Å². The van der Waals surface area contributed by atoms with Crippen LogP contribution in [0.5, 0.6) is 5.75 Å². The highest BCUT2D eigenvalue weighted by atomic mass is 35.5. The summed E-state index contributed by atoms with van der Waals surface area (Å²) in [5.74, 6) is 0.483. The number of carbonyl (C=O) groups is 1. The summed E-state index contributed by atoms with van der Waals surface area (Å²) in [5, 5.41) is 5.81. The number of aromatic nitrogens is 4. The van der Waals surface area contributed by atoms with E-state index in [1.165, 1.54) is 0 Å². The third-order valence-corrected chi connectivity index (χ3v) is 6.35. The van der Waals surface area contributed by atoms with E-state index >= 15 is 0 Å². The number of rotatable bonds is 5. The summed E-state index contributed by atoms with van der Waals surface area (Å²) in [7, 11) is 1.92. The number of aryl methyl sites for hydroxylation is 2. The highest BCUT2D eigenvalue weighted by Crippen LogP contribution is 2.36. The Balaban J connectivity index is 1.51. The molecule has 33 heavy (non-hydrogen) atoms. The minimum absolute atomic E-state index is 0.0142. The topological polar surface area (TPSA) is 79.1 Å². The Kier molecular flexibility index (Phi) is 5.72. The molecule has 5 rings (SSSR count). The third-order valence-electron chi connectivity index (χ3n) is 6.02. The van der Waals surface area contributed by atoms with Crippen LogP contribution in [0.4, 0.5) is 0 Å². The fourth-order valence-electron chi connectivity index (χ4n) is 4.39. The van der Waals surface area contributed by atoms with Crippen LogP contribution in [0.3, 0.4) is 0 Å². The molecule has 0 radical (unpaired) electrons. The molecule has 1 saturated heterocycles. The van der Waals surface area contributed by atoms with Crippen LogP contribution in [0.1, 0.15) is 35.6 Å². The van der Waals surface area contributed by atoms with Crippen LogP contribution in [0.15, 0.2) is 48.9 Å². The number of ether oxygens (including phenoxy) is 2. The second-order valence-electron chi connectivity index (χ2n) is 8.19. The van der Waals surface area contributed by atoms with E-state index in [0.29, 0.717) is 23.8 Å². The first-order chi connectivity index (χ1) is 16.0. The van der Waals surface area contributed by atoms with Crippen molar-refractivity contribution in [1.82, 2.24) is 19.7 Å². The largest absolute Gasteiger partial charge is 0.487 e. The predicted octanol–water partition coefficient (Wildman–Crippen LogP) is 4.99. The van der Waals surface area contributed by atoms with Gasteiger partial charge in [-0.25, -0.2) is 4.98 Å². The van der Waals surface area contributed by atoms with E-state index in [1.54, 1.807) is 18.6 Å². The molecule has 8 heteroatoms. The molecular weight excluding hydrogens is 440 g/mol. The van der Waals surface area contributed by atoms with Gasteiger partial charge in [0.15, 0.2) is 0 Å². The summed E-state index contributed by atoms with van der Waals surface area (Å²) in [6, 6.07) is 9.95. The second kappa shape index (κ2) is 8.83. The van der Waals surface area contributed by atoms with Crippen molar-refractivity contribution >= 4 is 28.5 Å². The zero-order valence-electron chi connectivity index (χ0n) is 18.4. The first-order valence-corrected chi connectivity index (χ1v) is 11.2. The molecule has 7 nitrogen and oxygen atoms in total. The monoisotopic (exact) mass is 462 g/mol. The Bertz CT molecular complexity index is 1350. The minimum atomic E-state index is -0.200. The van der Waals surface area contributed by atoms with Gasteiger partial charge in [-0.15, -0.1) is 0 Å². The molecule has 0 aliphatic carbocycles. The molecule has 4 aromatic rings. The molecule has 1 fully saturated rings. The Morgan fingerprint density at radius 1 is 1.27 bits per heavy atom. The summed E-state index contributed by atoms with van der Waals surface area (Å²) < 4.78 is 13.2. The highest BCUT2D eigenvalue weighted by molar-refractivity contribution is 6.31. The van der Waals surface area contributed by atoms with E-state index in [4.69, 9.17) is 26.1 Å². The number of fused-ring (bicyclic) bond motifs is 1. The number of hydrogen-bond acceptors (Lipinski definition) is 6. The Morgan fingerprint density at radius 2 is 2.15 bits per heavy atom. The Morgan fingerprint density at radius 3 is 2.94 bits per heavy atom. The SMILES string of the molecule is Cc1cc(-c2ccnn2C)c2cccc(OCc3c(Cl)cncc3C3CCOC(=O)C3)c2n1. The van der Waals surface area contributed by atoms with Crippen LogP contribution in [0.2, 0.25) is 5.02 Å². The molecule has 1 unspecified atom stereocenters. The quantitative estimate of drug-likeness (QED) is 0.389. The van der Waals surface area contributed by atoms with Gasteiger partial charge in [-0.05, 0) is 43.0 Å². The number of carbonyl (C=O) groups excluding carboxylic acids is 1. The normalized spacial score (nSPS) is 16.1. The summed E-state index contributed by atoms with van der Waals surface area (Å²) in [4.78, 5) is 20.9. The van der Waals surface area contributed by atoms with E-state index in [0.717, 1.165) is 45.4 Å². The van der Waals surface area contributed by atoms with E-state index in [9.17, 15) is 4.79 Å². The minimum Gasteiger partial charge on any atom is -0.487 e. The molecule has 168 valence electrons. The van der Waals surface area contributed by atoms with Crippen LogP contribution in [-0.2, 0) is 23.2 Å². The van der Waals surface area contributed by atoms with Gasteiger partial charge in [-0.1, -0.05) is 23.7 Å². The summed E-state index contributed by atoms with van der Waals surface area (Å²) >= 11 is 6.52. The van der Waals surface area contributed by atoms with E-state index < -0.39 is 0 Å². The smallest absolute Gasteiger partial charge is 0.306 e. The van der Waals surface area contributed by atoms with Gasteiger partial charge >= 0.3 is 5.97 Å². The van der Waals surface area contributed by atoms with Crippen molar-refractivity contribution < 1.29 is 14.3 Å². The molecular formula is C25H23ClN4O3. The molecule has 3 aromatic heterocycles. The summed E-state index contributed by atoms with van der Waals surface area (Å²) in [5.41, 5.74) is 5.49. The molecule has 0 N–H and O–H groups in total. The fraction of sp³-hybridized carbons (Fsp3) is 0.280. The number of halogens is 1. The average molecular weight is 463 g/mol. The maximum Gasteiger partial charge on any atom is 0.306 e. The van der Waals surface area contributed by atoms with Crippen molar-refractivity contribution in [3.63, 3.8) is 0 Å². The molecule has 0 spiro atoms. The molecule has 0 bridgehead atoms. The second-order valence-corrected chi connectivity index (χ2v) is 8.60. The van der Waals surface area contributed by atoms with E-state index in [2.05, 4.69) is 16.1 Å². The van der Waals surface area contributed by atoms with Crippen molar-refractivity contribution in [2.24, 2.45) is 7.05 Å². The number of esters is 1. The van der Waals surface area contributed by atoms with Gasteiger partial charge in [-0.2, -0.15) is 5.10 Å². The van der Waals surface area contributed by atoms with Crippen LogP contribution >= 0.6 is 11.6 Å². The Labute approximate surface area is 196 Å². The van der Waals surface area contributed by atoms with Crippen molar-refractivity contribution in [1.29, 1.82) is 0 Å². The number of benzene rings is 1. The van der Waals surface area contributed by atoms with E-state index in [1.807, 2.05) is 42.9 Å². The highest BCUT2D eigenvalue weighted by Gasteiger charge is 2.26. The summed E-state index contributed by atoms with van der Waals surface area (Å²) in [6.07, 6.45) is 6.23. The van der Waals surface area contributed by atoms with Crippen LogP contribution in [0.25, 0.3) is 22.2 Å². The number of pyridine rings is 2. The zero-order valence-corrected chi connectivity index (χ0v) is 19.2. The predicted molar refractivity (Wildman–Crippen MR) is 125 cm³/mol. The van der Waals surface area contributed by atoms with Gasteiger partial charge in [0, 0.05) is 47.8 Å². The van der Waals surface area contributed by atoms with Crippen LogP contribution in [-0.4, -0.2) is 32.3 Å². The molecule has 4 heterocycles. The third kappa shape index (κ3) is 4.16. The van der Waals surface area contributed by atoms with Gasteiger partial charge < -0.3 is 9.47 Å². The number of nitrogens with zero attached hydrogens (tertiary/aromatic N) is 4. The lowest BCUT2D eigenvalue weighted by atomic mass is 9.89. The number of cyclic esters (lactones) is 1. The first-order valence-electron chi connectivity index (χ1n) is 10.8. The maximum absolute atomic E-state index is 11.8. The van der Waals surface area contributed by atoms with Gasteiger partial charge in [0.25, 0.3) is 0 Å². The fourth-order valence-corrected chi connectivity index (χ4v) is 4.61. The molecule has 1 aliphatic heterocycles. The molecule has 1 aromatic carbocycles. The lowest BCUT2D eigenvalue weighted by Crippen LogP contribution is -2.21. The van der Waals surface area contributed by atoms with Crippen molar-refractivity contribution in [2.75, 3.05) is 6.61 Å². The van der Waals surface area contributed by atoms with Crippen LogP contribution < -0.4 is 4.74 Å². The zero-order chi connectivity index (χ0) is 22.9. The lowest BCUT2D eigenvalue weighted by molar-refractivity contribution is -0.147. The first kappa shape index (κ1) is 21.4. The molecule has 1 atom stereocenters. The summed E-state index contributed by atoms with van der Waals surface area (Å²) in [6.45, 7) is 2.62. The maximum atomic E-state index is 11.8. The van der Waals surface area contributed by atoms with Crippen molar-refractivity contribution in [3.05, 3.63) is 70.8 Å². The molecule has 1 aliphatic rings. The van der Waals surface area contributed by atoms with Crippen molar-refractivity contribution in [2.45, 2.75) is 32.3 Å². The van der Waals surface area contributed by atoms with Crippen molar-refractivity contribution in [3.8, 4) is 17.0 Å². The standard InChI is InChI=1S/C25H23ClN4O3/c1-15-10-18(22-6-8-28-30(22)2)17-4-3-5-23(25(17)29-15)33-14-20-19(12-27-13-21(20)26)16-7-9-32-24(31)11-16/h3-6,8,10,12-13,16H,7,9,11,14H2,1-2H3. The van der Waals surface area contributed by atoms with Crippen LogP contribution in [0, 0.1) is 6.92 Å². The number of hydrogen-bond donors (Lipinski definition) is 0.